The molecule has 3 aromatic carbocycles. The number of aliphatic hydroxyl groups excluding tert-OH is 1. The summed E-state index contributed by atoms with van der Waals surface area (Å²) in [7, 11) is 0. The van der Waals surface area contributed by atoms with E-state index in [9.17, 15) is 14.7 Å². The maximum atomic E-state index is 12.1. The van der Waals surface area contributed by atoms with Gasteiger partial charge in [0.25, 0.3) is 0 Å². The van der Waals surface area contributed by atoms with E-state index < -0.39 is 12.3 Å². The minimum absolute atomic E-state index is 0.00757. The number of hydrogen-bond donors (Lipinski definition) is 3. The number of nitrogens with one attached hydrogen (secondary N) is 1. The minimum atomic E-state index is -0.900. The first kappa shape index (κ1) is 31.3. The van der Waals surface area contributed by atoms with E-state index >= 15 is 0 Å². The number of carboxylic acids is 1. The van der Waals surface area contributed by atoms with Crippen molar-refractivity contribution in [3.05, 3.63) is 114 Å². The zero-order chi connectivity index (χ0) is 30.7. The molecule has 1 aliphatic rings. The number of hydrogen-bond acceptors (Lipinski definition) is 8. The lowest BCUT2D eigenvalue weighted by atomic mass is 9.99. The number of ether oxygens (including phenoxy) is 2. The van der Waals surface area contributed by atoms with Crippen molar-refractivity contribution in [1.82, 2.24) is 15.3 Å². The smallest absolute Gasteiger partial charge is 0.303 e. The van der Waals surface area contributed by atoms with Crippen molar-refractivity contribution in [1.29, 1.82) is 0 Å². The van der Waals surface area contributed by atoms with Crippen LogP contribution in [0.4, 0.5) is 0 Å². The first-order valence-electron chi connectivity index (χ1n) is 14.5. The molecule has 3 N–H and O–H groups in total. The van der Waals surface area contributed by atoms with Crippen LogP contribution >= 0.6 is 11.8 Å². The Morgan fingerprint density at radius 3 is 2.34 bits per heavy atom. The van der Waals surface area contributed by atoms with Crippen molar-refractivity contribution >= 4 is 23.6 Å². The average Bonchev–Trinajstić information content (AvgIpc) is 3.07. The molecular weight excluding hydrogens is 578 g/mol. The normalized spacial score (nSPS) is 18.1. The number of rotatable bonds is 13. The number of amides is 1. The lowest BCUT2D eigenvalue weighted by molar-refractivity contribution is -0.245. The second kappa shape index (κ2) is 15.6. The van der Waals surface area contributed by atoms with Gasteiger partial charge in [0.2, 0.25) is 5.91 Å². The number of benzene rings is 3. The third kappa shape index (κ3) is 8.96. The number of carbonyl (C=O) groups excluding carboxylic acids is 1. The summed E-state index contributed by atoms with van der Waals surface area (Å²) in [5.74, 6) is -0.386. The second-order valence-electron chi connectivity index (χ2n) is 10.5. The number of thioether (sulfide) groups is 1. The standard InChI is InChI=1S/C34H35N3O6S/c38-21-23-8-10-26(11-9-23)30-19-29(22-44-34-35-16-3-17-36-34)42-33(43-30)27-14-12-25(13-15-27)28-5-1-4-24(18-28)20-37-31(39)6-2-7-32(40)41/h1,3-5,8-18,29-30,33,38H,2,6-7,19-22H2,(H,37,39)(H,40,41). The molecule has 44 heavy (non-hydrogen) atoms. The lowest BCUT2D eigenvalue weighted by Crippen LogP contribution is -2.31. The van der Waals surface area contributed by atoms with E-state index in [-0.39, 0.29) is 37.6 Å². The molecule has 0 aliphatic carbocycles. The number of aliphatic carboxylic acids is 1. The molecule has 228 valence electrons. The lowest BCUT2D eigenvalue weighted by Gasteiger charge is -2.36. The molecular formula is C34H35N3O6S. The van der Waals surface area contributed by atoms with Crippen LogP contribution in [0.15, 0.2) is 96.4 Å². The Morgan fingerprint density at radius 1 is 0.864 bits per heavy atom. The van der Waals surface area contributed by atoms with Crippen LogP contribution in [0, 0.1) is 0 Å². The van der Waals surface area contributed by atoms with E-state index in [2.05, 4.69) is 15.3 Å². The van der Waals surface area contributed by atoms with Crippen molar-refractivity contribution in [2.75, 3.05) is 5.75 Å². The SMILES string of the molecule is O=C(O)CCCC(=O)NCc1cccc(-c2ccc(C3OC(CSc4ncccn4)CC(c4ccc(CO)cc4)O3)cc2)c1. The molecule has 0 bridgehead atoms. The summed E-state index contributed by atoms with van der Waals surface area (Å²) in [4.78, 5) is 31.4. The van der Waals surface area contributed by atoms with Crippen LogP contribution in [-0.2, 0) is 32.2 Å². The monoisotopic (exact) mass is 613 g/mol. The number of carbonyl (C=O) groups is 2. The number of nitrogens with zero attached hydrogens (tertiary/aromatic N) is 2. The van der Waals surface area contributed by atoms with Gasteiger partial charge >= 0.3 is 5.97 Å². The fourth-order valence-corrected chi connectivity index (χ4v) is 5.75. The summed E-state index contributed by atoms with van der Waals surface area (Å²) >= 11 is 1.55. The number of aromatic nitrogens is 2. The first-order chi connectivity index (χ1) is 21.5. The van der Waals surface area contributed by atoms with Crippen LogP contribution < -0.4 is 5.32 Å². The Hall–Kier alpha value is -4.09. The van der Waals surface area contributed by atoms with Crippen LogP contribution in [0.1, 0.15) is 60.3 Å². The van der Waals surface area contributed by atoms with Gasteiger partial charge in [-0.25, -0.2) is 9.97 Å². The maximum absolute atomic E-state index is 12.1. The molecule has 1 fully saturated rings. The molecule has 1 amide bonds. The third-order valence-corrected chi connectivity index (χ3v) is 8.29. The van der Waals surface area contributed by atoms with Crippen molar-refractivity contribution in [2.24, 2.45) is 0 Å². The second-order valence-corrected chi connectivity index (χ2v) is 11.5. The van der Waals surface area contributed by atoms with Gasteiger partial charge in [0.1, 0.15) is 0 Å². The van der Waals surface area contributed by atoms with Gasteiger partial charge in [0, 0.05) is 49.5 Å². The molecule has 0 radical (unpaired) electrons. The van der Waals surface area contributed by atoms with Gasteiger partial charge in [-0.15, -0.1) is 0 Å². The van der Waals surface area contributed by atoms with E-state index in [1.165, 1.54) is 0 Å². The fraction of sp³-hybridized carbons (Fsp3) is 0.294. The highest BCUT2D eigenvalue weighted by atomic mass is 32.2. The third-order valence-electron chi connectivity index (χ3n) is 7.28. The molecule has 4 aromatic rings. The van der Waals surface area contributed by atoms with Crippen LogP contribution in [-0.4, -0.2) is 43.9 Å². The van der Waals surface area contributed by atoms with Gasteiger partial charge in [0.15, 0.2) is 11.4 Å². The Balaban J connectivity index is 1.26. The molecule has 0 saturated carbocycles. The molecule has 5 rings (SSSR count). The van der Waals surface area contributed by atoms with Gasteiger partial charge in [-0.05, 0) is 46.4 Å². The summed E-state index contributed by atoms with van der Waals surface area (Å²) in [6.45, 7) is 0.363. The molecule has 1 aromatic heterocycles. The Kier molecular flexibility index (Phi) is 11.1. The highest BCUT2D eigenvalue weighted by Crippen LogP contribution is 2.39. The van der Waals surface area contributed by atoms with Crippen molar-refractivity contribution in [3.8, 4) is 11.1 Å². The van der Waals surface area contributed by atoms with Crippen LogP contribution in [0.3, 0.4) is 0 Å². The molecule has 2 heterocycles. The highest BCUT2D eigenvalue weighted by molar-refractivity contribution is 7.99. The summed E-state index contributed by atoms with van der Waals surface area (Å²) in [5.41, 5.74) is 5.77. The summed E-state index contributed by atoms with van der Waals surface area (Å²) in [5, 5.41) is 21.8. The Morgan fingerprint density at radius 2 is 1.61 bits per heavy atom. The summed E-state index contributed by atoms with van der Waals surface area (Å²) in [6.07, 6.45) is 3.78. The number of carboxylic acid groups (broad SMARTS) is 1. The van der Waals surface area contributed by atoms with E-state index in [1.54, 1.807) is 30.2 Å². The molecule has 3 atom stereocenters. The first-order valence-corrected chi connectivity index (χ1v) is 15.5. The molecule has 10 heteroatoms. The van der Waals surface area contributed by atoms with Crippen LogP contribution in [0.25, 0.3) is 11.1 Å². The fourth-order valence-electron chi connectivity index (χ4n) is 4.93. The van der Waals surface area contributed by atoms with E-state index in [1.807, 2.05) is 72.8 Å². The maximum Gasteiger partial charge on any atom is 0.303 e. The van der Waals surface area contributed by atoms with Gasteiger partial charge in [0.05, 0.1) is 18.8 Å². The molecule has 1 aliphatic heterocycles. The molecule has 3 unspecified atom stereocenters. The Labute approximate surface area is 260 Å². The molecule has 0 spiro atoms. The largest absolute Gasteiger partial charge is 0.481 e. The Bertz CT molecular complexity index is 1520. The summed E-state index contributed by atoms with van der Waals surface area (Å²) in [6, 6.07) is 25.7. The van der Waals surface area contributed by atoms with E-state index in [4.69, 9.17) is 14.6 Å². The average molecular weight is 614 g/mol. The predicted octanol–water partition coefficient (Wildman–Crippen LogP) is 5.84. The van der Waals surface area contributed by atoms with Gasteiger partial charge in [-0.3, -0.25) is 9.59 Å². The van der Waals surface area contributed by atoms with E-state index in [0.29, 0.717) is 30.3 Å². The quantitative estimate of drug-likeness (QED) is 0.126. The van der Waals surface area contributed by atoms with E-state index in [0.717, 1.165) is 33.4 Å². The van der Waals surface area contributed by atoms with Crippen molar-refractivity contribution in [2.45, 2.75) is 62.5 Å². The van der Waals surface area contributed by atoms with Gasteiger partial charge in [-0.1, -0.05) is 78.5 Å². The van der Waals surface area contributed by atoms with Crippen LogP contribution in [0.2, 0.25) is 0 Å². The minimum Gasteiger partial charge on any atom is -0.481 e. The zero-order valence-electron chi connectivity index (χ0n) is 24.2. The highest BCUT2D eigenvalue weighted by Gasteiger charge is 2.32. The van der Waals surface area contributed by atoms with Crippen LogP contribution in [0.5, 0.6) is 0 Å². The topological polar surface area (TPSA) is 131 Å². The van der Waals surface area contributed by atoms with Gasteiger partial charge < -0.3 is 25.0 Å². The van der Waals surface area contributed by atoms with Crippen molar-refractivity contribution < 1.29 is 29.3 Å². The molecule has 9 nitrogen and oxygen atoms in total. The number of aliphatic hydroxyl groups is 1. The summed E-state index contributed by atoms with van der Waals surface area (Å²) < 4.78 is 12.9. The van der Waals surface area contributed by atoms with Gasteiger partial charge in [-0.2, -0.15) is 0 Å². The molecule has 1 saturated heterocycles. The predicted molar refractivity (Wildman–Crippen MR) is 166 cm³/mol. The zero-order valence-corrected chi connectivity index (χ0v) is 25.0. The van der Waals surface area contributed by atoms with Crippen molar-refractivity contribution in [3.63, 3.8) is 0 Å².